The standard InChI is InChI=1S/C20H16ClF2NO4S/c1-7-16(15-17(25)13-11-4-5-12(28-11)14(13)18(15)26)24-19(29-7)9-3-2-8(6-10(9)21)27-20(22)23/h2-3,6,11-15,20H,4-5H2,1H3/t11-,12+,13-,14+,15?. The number of nitrogens with zero attached hydrogens (tertiary/aromatic N) is 1. The Bertz CT molecular complexity index is 998. The molecule has 1 aliphatic carbocycles. The monoisotopic (exact) mass is 439 g/mol. The van der Waals surface area contributed by atoms with E-state index in [9.17, 15) is 18.4 Å². The molecule has 2 bridgehead atoms. The highest BCUT2D eigenvalue weighted by atomic mass is 35.5. The van der Waals surface area contributed by atoms with Crippen molar-refractivity contribution in [2.75, 3.05) is 0 Å². The predicted octanol–water partition coefficient (Wildman–Crippen LogP) is 4.40. The van der Waals surface area contributed by atoms with Gasteiger partial charge in [-0.05, 0) is 38.0 Å². The molecule has 5 rings (SSSR count). The predicted molar refractivity (Wildman–Crippen MR) is 102 cm³/mol. The lowest BCUT2D eigenvalue weighted by atomic mass is 9.81. The van der Waals surface area contributed by atoms with Crippen LogP contribution in [-0.4, -0.2) is 35.4 Å². The van der Waals surface area contributed by atoms with Crippen LogP contribution in [0.2, 0.25) is 5.02 Å². The Hall–Kier alpha value is -1.90. The van der Waals surface area contributed by atoms with E-state index in [4.69, 9.17) is 16.3 Å². The minimum atomic E-state index is -2.94. The van der Waals surface area contributed by atoms with Crippen molar-refractivity contribution >= 4 is 34.5 Å². The molecule has 1 aromatic carbocycles. The molecule has 2 aromatic rings. The Morgan fingerprint density at radius 1 is 1.21 bits per heavy atom. The van der Waals surface area contributed by atoms with Crippen LogP contribution in [0.3, 0.4) is 0 Å². The number of alkyl halides is 2. The number of rotatable bonds is 4. The Kier molecular flexibility index (Phi) is 4.49. The third-order valence-electron chi connectivity index (χ3n) is 6.00. The van der Waals surface area contributed by atoms with Gasteiger partial charge >= 0.3 is 6.61 Å². The molecule has 3 aliphatic rings. The summed E-state index contributed by atoms with van der Waals surface area (Å²) in [5.74, 6) is -1.82. The van der Waals surface area contributed by atoms with E-state index < -0.39 is 12.5 Å². The molecule has 0 N–H and O–H groups in total. The second-order valence-electron chi connectivity index (χ2n) is 7.56. The summed E-state index contributed by atoms with van der Waals surface area (Å²) in [7, 11) is 0. The van der Waals surface area contributed by atoms with Gasteiger partial charge in [0.15, 0.2) is 11.6 Å². The van der Waals surface area contributed by atoms with Crippen LogP contribution in [0.4, 0.5) is 8.78 Å². The van der Waals surface area contributed by atoms with Gasteiger partial charge in [-0.25, -0.2) is 4.98 Å². The van der Waals surface area contributed by atoms with E-state index in [1.54, 1.807) is 6.07 Å². The van der Waals surface area contributed by atoms with Crippen LogP contribution in [-0.2, 0) is 14.3 Å². The number of hydrogen-bond acceptors (Lipinski definition) is 6. The van der Waals surface area contributed by atoms with E-state index in [1.807, 2.05) is 6.92 Å². The number of halogens is 3. The first-order valence-electron chi connectivity index (χ1n) is 9.30. The van der Waals surface area contributed by atoms with Crippen molar-refractivity contribution < 1.29 is 27.8 Å². The number of aryl methyl sites for hydroxylation is 1. The van der Waals surface area contributed by atoms with E-state index in [1.165, 1.54) is 23.5 Å². The van der Waals surface area contributed by atoms with Crippen LogP contribution in [0.5, 0.6) is 5.75 Å². The van der Waals surface area contributed by atoms with Gasteiger partial charge in [-0.15, -0.1) is 11.3 Å². The van der Waals surface area contributed by atoms with E-state index in [0.29, 0.717) is 16.3 Å². The third kappa shape index (κ3) is 2.92. The van der Waals surface area contributed by atoms with E-state index in [0.717, 1.165) is 17.7 Å². The van der Waals surface area contributed by atoms with Crippen molar-refractivity contribution in [2.24, 2.45) is 11.8 Å². The number of benzene rings is 1. The molecule has 5 atom stereocenters. The lowest BCUT2D eigenvalue weighted by molar-refractivity contribution is -0.127. The van der Waals surface area contributed by atoms with Gasteiger partial charge in [-0.1, -0.05) is 11.6 Å². The van der Waals surface area contributed by atoms with Crippen molar-refractivity contribution in [3.8, 4) is 16.3 Å². The average Bonchev–Trinajstić information content (AvgIpc) is 3.39. The second kappa shape index (κ2) is 6.82. The van der Waals surface area contributed by atoms with Gasteiger partial charge in [0.2, 0.25) is 0 Å². The number of thiazole rings is 1. The lowest BCUT2D eigenvalue weighted by Crippen LogP contribution is -2.29. The summed E-state index contributed by atoms with van der Waals surface area (Å²) < 4.78 is 34.9. The van der Waals surface area contributed by atoms with Gasteiger partial charge in [0.1, 0.15) is 16.7 Å². The maximum Gasteiger partial charge on any atom is 0.387 e. The van der Waals surface area contributed by atoms with E-state index >= 15 is 0 Å². The van der Waals surface area contributed by atoms with Gasteiger partial charge in [0, 0.05) is 10.4 Å². The summed E-state index contributed by atoms with van der Waals surface area (Å²) in [6.45, 7) is -1.12. The van der Waals surface area contributed by atoms with E-state index in [-0.39, 0.29) is 46.4 Å². The molecule has 5 nitrogen and oxygen atoms in total. The zero-order chi connectivity index (χ0) is 20.4. The summed E-state index contributed by atoms with van der Waals surface area (Å²) in [4.78, 5) is 31.4. The van der Waals surface area contributed by atoms with Gasteiger partial charge in [0.25, 0.3) is 0 Å². The molecule has 3 heterocycles. The van der Waals surface area contributed by atoms with Crippen molar-refractivity contribution in [2.45, 2.75) is 44.5 Å². The number of carbonyl (C=O) groups is 2. The summed E-state index contributed by atoms with van der Waals surface area (Å²) in [5.41, 5.74) is 1.01. The number of hydrogen-bond donors (Lipinski definition) is 0. The van der Waals surface area contributed by atoms with Crippen molar-refractivity contribution in [3.05, 3.63) is 33.8 Å². The number of ketones is 2. The normalized spacial score (nSPS) is 30.4. The number of Topliss-reactive ketones (excluding diaryl/α,β-unsaturated/α-hetero) is 2. The Balaban J connectivity index is 1.47. The lowest BCUT2D eigenvalue weighted by Gasteiger charge is -2.16. The molecule has 0 radical (unpaired) electrons. The first kappa shape index (κ1) is 19.1. The Labute approximate surface area is 174 Å². The summed E-state index contributed by atoms with van der Waals surface area (Å²) in [6.07, 6.45) is 1.34. The van der Waals surface area contributed by atoms with Gasteiger partial charge in [-0.3, -0.25) is 9.59 Å². The molecule has 2 saturated heterocycles. The zero-order valence-electron chi connectivity index (χ0n) is 15.2. The largest absolute Gasteiger partial charge is 0.435 e. The van der Waals surface area contributed by atoms with Crippen LogP contribution in [0, 0.1) is 18.8 Å². The van der Waals surface area contributed by atoms with Crippen LogP contribution in [0.1, 0.15) is 29.3 Å². The fourth-order valence-corrected chi connectivity index (χ4v) is 6.14. The highest BCUT2D eigenvalue weighted by Crippen LogP contribution is 2.53. The van der Waals surface area contributed by atoms with Crippen LogP contribution in [0.25, 0.3) is 10.6 Å². The molecule has 0 spiro atoms. The molecule has 1 aromatic heterocycles. The smallest absolute Gasteiger partial charge is 0.387 e. The summed E-state index contributed by atoms with van der Waals surface area (Å²) in [5, 5.41) is 0.735. The first-order chi connectivity index (χ1) is 13.8. The fraction of sp³-hybridized carbons (Fsp3) is 0.450. The third-order valence-corrected chi connectivity index (χ3v) is 7.33. The molecular formula is C20H16ClF2NO4S. The molecule has 152 valence electrons. The van der Waals surface area contributed by atoms with Gasteiger partial charge in [0.05, 0.1) is 34.8 Å². The van der Waals surface area contributed by atoms with Crippen molar-refractivity contribution in [1.82, 2.24) is 4.98 Å². The molecule has 0 amide bonds. The molecule has 1 unspecified atom stereocenters. The van der Waals surface area contributed by atoms with Crippen molar-refractivity contribution in [3.63, 3.8) is 0 Å². The van der Waals surface area contributed by atoms with Crippen LogP contribution in [0.15, 0.2) is 18.2 Å². The highest BCUT2D eigenvalue weighted by Gasteiger charge is 2.63. The highest BCUT2D eigenvalue weighted by molar-refractivity contribution is 7.15. The molecule has 29 heavy (non-hydrogen) atoms. The topological polar surface area (TPSA) is 65.5 Å². The molecule has 3 fully saturated rings. The molecular weight excluding hydrogens is 424 g/mol. The average molecular weight is 440 g/mol. The van der Waals surface area contributed by atoms with Crippen molar-refractivity contribution in [1.29, 1.82) is 0 Å². The SMILES string of the molecule is Cc1sc(-c2ccc(OC(F)F)cc2Cl)nc1C1C(=O)[C@@H]2[C@H](C1=O)[C@H]1CC[C@@H]2O1. The summed E-state index contributed by atoms with van der Waals surface area (Å²) in [6, 6.07) is 4.23. The van der Waals surface area contributed by atoms with Crippen LogP contribution >= 0.6 is 22.9 Å². The molecule has 9 heteroatoms. The quantitative estimate of drug-likeness (QED) is 0.660. The number of ether oxygens (including phenoxy) is 2. The minimum Gasteiger partial charge on any atom is -0.435 e. The fourth-order valence-electron chi connectivity index (χ4n) is 4.83. The van der Waals surface area contributed by atoms with Gasteiger partial charge < -0.3 is 9.47 Å². The van der Waals surface area contributed by atoms with E-state index in [2.05, 4.69) is 9.72 Å². The zero-order valence-corrected chi connectivity index (χ0v) is 16.8. The Morgan fingerprint density at radius 3 is 2.45 bits per heavy atom. The first-order valence-corrected chi connectivity index (χ1v) is 10.5. The molecule has 1 saturated carbocycles. The number of fused-ring (bicyclic) bond motifs is 5. The maximum absolute atomic E-state index is 13.1. The molecule has 2 aliphatic heterocycles. The van der Waals surface area contributed by atoms with Crippen LogP contribution < -0.4 is 4.74 Å². The number of carbonyl (C=O) groups excluding carboxylic acids is 2. The number of aromatic nitrogens is 1. The minimum absolute atomic E-state index is 0.0494. The second-order valence-corrected chi connectivity index (χ2v) is 9.17. The Morgan fingerprint density at radius 2 is 1.86 bits per heavy atom. The summed E-state index contributed by atoms with van der Waals surface area (Å²) >= 11 is 7.56. The van der Waals surface area contributed by atoms with Gasteiger partial charge in [-0.2, -0.15) is 8.78 Å². The maximum atomic E-state index is 13.1.